The van der Waals surface area contributed by atoms with E-state index in [2.05, 4.69) is 114 Å². The average molecular weight is 577 g/mol. The number of amides is 1. The summed E-state index contributed by atoms with van der Waals surface area (Å²) in [4.78, 5) is 24.1. The van der Waals surface area contributed by atoms with Gasteiger partial charge in [0.1, 0.15) is 0 Å². The molecule has 2 atom stereocenters. The average Bonchev–Trinajstić information content (AvgIpc) is 3.48. The van der Waals surface area contributed by atoms with Gasteiger partial charge in [-0.05, 0) is 73.0 Å². The van der Waals surface area contributed by atoms with E-state index in [1.54, 1.807) is 0 Å². The number of carbonyl (C=O) groups excluding carboxylic acids is 1. The van der Waals surface area contributed by atoms with Gasteiger partial charge in [-0.3, -0.25) is 9.89 Å². The third-order valence-corrected chi connectivity index (χ3v) is 7.76. The lowest BCUT2D eigenvalue weighted by molar-refractivity contribution is -0.192. The number of nitrogens with one attached hydrogen (secondary N) is 2. The van der Waals surface area contributed by atoms with Crippen LogP contribution in [0.4, 0.5) is 18.9 Å². The van der Waals surface area contributed by atoms with Crippen molar-refractivity contribution in [1.82, 2.24) is 15.1 Å². The number of aryl methyl sites for hydroxylation is 1. The van der Waals surface area contributed by atoms with Gasteiger partial charge in [0.2, 0.25) is 5.91 Å². The predicted molar refractivity (Wildman–Crippen MR) is 156 cm³/mol. The van der Waals surface area contributed by atoms with Crippen LogP contribution in [-0.4, -0.2) is 52.4 Å². The van der Waals surface area contributed by atoms with Crippen molar-refractivity contribution in [2.45, 2.75) is 43.8 Å². The molecule has 0 bridgehead atoms. The number of H-pyrrole nitrogens is 1. The van der Waals surface area contributed by atoms with Gasteiger partial charge < -0.3 is 15.3 Å². The quantitative estimate of drug-likeness (QED) is 0.248. The molecule has 10 heteroatoms. The van der Waals surface area contributed by atoms with E-state index in [0.717, 1.165) is 52.8 Å². The molecule has 1 aromatic heterocycles. The molecule has 3 aromatic carbocycles. The number of carboxylic acids is 1. The van der Waals surface area contributed by atoms with Gasteiger partial charge in [-0.1, -0.05) is 61.5 Å². The van der Waals surface area contributed by atoms with Crippen LogP contribution in [0.3, 0.4) is 0 Å². The first-order valence-corrected chi connectivity index (χ1v) is 13.6. The molecule has 1 spiro atoms. The number of halogens is 3. The van der Waals surface area contributed by atoms with Gasteiger partial charge in [0.25, 0.3) is 0 Å². The summed E-state index contributed by atoms with van der Waals surface area (Å²) in [7, 11) is 4.16. The van der Waals surface area contributed by atoms with Crippen molar-refractivity contribution in [2.75, 3.05) is 19.4 Å². The van der Waals surface area contributed by atoms with Gasteiger partial charge in [-0.25, -0.2) is 4.79 Å². The maximum atomic E-state index is 13.0. The number of aromatic nitrogens is 2. The normalized spacial score (nSPS) is 19.2. The summed E-state index contributed by atoms with van der Waals surface area (Å²) in [5.41, 5.74) is 8.56. The minimum Gasteiger partial charge on any atom is -0.475 e. The monoisotopic (exact) mass is 576 g/mol. The number of benzene rings is 3. The van der Waals surface area contributed by atoms with Crippen LogP contribution >= 0.6 is 0 Å². The maximum absolute atomic E-state index is 13.0. The van der Waals surface area contributed by atoms with Crippen molar-refractivity contribution in [2.24, 2.45) is 0 Å². The Bertz CT molecular complexity index is 1670. The molecule has 1 aliphatic carbocycles. The number of anilines is 1. The zero-order valence-electron chi connectivity index (χ0n) is 23.4. The lowest BCUT2D eigenvalue weighted by Gasteiger charge is -2.10. The number of carbonyl (C=O) groups is 2. The lowest BCUT2D eigenvalue weighted by Crippen LogP contribution is -2.21. The molecule has 0 radical (unpaired) electrons. The number of hydrogen-bond donors (Lipinski definition) is 3. The van der Waals surface area contributed by atoms with Gasteiger partial charge in [0.05, 0.1) is 16.6 Å². The highest BCUT2D eigenvalue weighted by molar-refractivity contribution is 6.10. The molecule has 0 saturated heterocycles. The molecule has 218 valence electrons. The second-order valence-electron chi connectivity index (χ2n) is 10.9. The molecule has 1 fully saturated rings. The molecule has 1 saturated carbocycles. The highest BCUT2D eigenvalue weighted by atomic mass is 19.4. The fraction of sp³-hybridized carbons (Fsp3) is 0.281. The number of alkyl halides is 3. The molecule has 3 N–H and O–H groups in total. The smallest absolute Gasteiger partial charge is 0.475 e. The van der Waals surface area contributed by atoms with Crippen LogP contribution in [-0.2, 0) is 28.0 Å². The third kappa shape index (κ3) is 5.67. The predicted octanol–water partition coefficient (Wildman–Crippen LogP) is 6.37. The number of hydrogen-bond acceptors (Lipinski definition) is 4. The van der Waals surface area contributed by atoms with Crippen molar-refractivity contribution in [3.8, 4) is 0 Å². The Labute approximate surface area is 241 Å². The summed E-state index contributed by atoms with van der Waals surface area (Å²) in [6.07, 6.45) is 0.906. The molecular formula is C32H31F3N4O3. The van der Waals surface area contributed by atoms with Crippen LogP contribution in [0.25, 0.3) is 23.1 Å². The van der Waals surface area contributed by atoms with Crippen molar-refractivity contribution >= 4 is 40.6 Å². The second-order valence-corrected chi connectivity index (χ2v) is 10.9. The summed E-state index contributed by atoms with van der Waals surface area (Å²) in [5, 5.41) is 19.1. The number of fused-ring (bicyclic) bond motifs is 3. The zero-order valence-corrected chi connectivity index (χ0v) is 23.4. The van der Waals surface area contributed by atoms with Gasteiger partial charge in [-0.2, -0.15) is 18.3 Å². The van der Waals surface area contributed by atoms with Crippen LogP contribution in [0.15, 0.2) is 60.7 Å². The van der Waals surface area contributed by atoms with E-state index in [9.17, 15) is 18.0 Å². The summed E-state index contributed by atoms with van der Waals surface area (Å²) in [6, 6.07) is 21.5. The SMILES string of the molecule is CCc1ccc2c(c1)[C@]1(C[C@H]1c1ccc3c(/C=C/c4ccc(CN(C)C)cc4)n[nH]c3c1)C(=O)N2.O=C(O)C(F)(F)F. The molecule has 7 nitrogen and oxygen atoms in total. The number of aliphatic carboxylic acids is 1. The standard InChI is InChI=1S/C30H30N4O.C2HF3O2/c1-4-19-9-14-27-24(15-19)30(29(35)31-27)17-25(30)22-11-12-23-26(32-33-28(23)16-22)13-10-20-5-7-21(8-6-20)18-34(2)3;3-2(4,5)1(6)7/h5-16,25H,4,17-18H2,1-3H3,(H,31,35)(H,32,33);(H,6,7)/b13-10+;/t25-,30-;/m0./s1. The summed E-state index contributed by atoms with van der Waals surface area (Å²) >= 11 is 0. The Morgan fingerprint density at radius 3 is 2.40 bits per heavy atom. The van der Waals surface area contributed by atoms with Crippen molar-refractivity contribution in [1.29, 1.82) is 0 Å². The number of nitrogens with zero attached hydrogens (tertiary/aromatic N) is 2. The molecule has 0 unspecified atom stereocenters. The largest absolute Gasteiger partial charge is 0.490 e. The second kappa shape index (κ2) is 11.1. The Kier molecular flexibility index (Phi) is 7.68. The van der Waals surface area contributed by atoms with Crippen LogP contribution < -0.4 is 5.32 Å². The van der Waals surface area contributed by atoms with Crippen LogP contribution in [0, 0.1) is 0 Å². The van der Waals surface area contributed by atoms with E-state index < -0.39 is 17.6 Å². The molecule has 6 rings (SSSR count). The Morgan fingerprint density at radius 2 is 1.76 bits per heavy atom. The van der Waals surface area contributed by atoms with E-state index in [4.69, 9.17) is 9.90 Å². The van der Waals surface area contributed by atoms with E-state index >= 15 is 0 Å². The van der Waals surface area contributed by atoms with Gasteiger partial charge >= 0.3 is 12.1 Å². The molecule has 42 heavy (non-hydrogen) atoms. The summed E-state index contributed by atoms with van der Waals surface area (Å²) in [5.74, 6) is -2.42. The van der Waals surface area contributed by atoms with Crippen LogP contribution in [0.2, 0.25) is 0 Å². The van der Waals surface area contributed by atoms with E-state index in [-0.39, 0.29) is 11.8 Å². The van der Waals surface area contributed by atoms with Gasteiger partial charge in [-0.15, -0.1) is 0 Å². The first-order chi connectivity index (χ1) is 19.9. The molecule has 4 aromatic rings. The first-order valence-electron chi connectivity index (χ1n) is 13.6. The molecule has 2 heterocycles. The molecule has 1 amide bonds. The summed E-state index contributed by atoms with van der Waals surface area (Å²) < 4.78 is 31.7. The van der Waals surface area contributed by atoms with Crippen molar-refractivity contribution in [3.63, 3.8) is 0 Å². The lowest BCUT2D eigenvalue weighted by atomic mass is 9.90. The number of aromatic amines is 1. The van der Waals surface area contributed by atoms with Crippen LogP contribution in [0.1, 0.15) is 52.8 Å². The molecular weight excluding hydrogens is 545 g/mol. The van der Waals surface area contributed by atoms with Gasteiger partial charge in [0.15, 0.2) is 0 Å². The Balaban J connectivity index is 0.000000451. The van der Waals surface area contributed by atoms with Crippen molar-refractivity contribution < 1.29 is 27.9 Å². The fourth-order valence-electron chi connectivity index (χ4n) is 5.54. The van der Waals surface area contributed by atoms with Crippen LogP contribution in [0.5, 0.6) is 0 Å². The Hall–Kier alpha value is -4.44. The molecule has 1 aliphatic heterocycles. The van der Waals surface area contributed by atoms with E-state index in [0.29, 0.717) is 0 Å². The fourth-order valence-corrected chi connectivity index (χ4v) is 5.54. The number of carboxylic acid groups (broad SMARTS) is 1. The van der Waals surface area contributed by atoms with E-state index in [1.165, 1.54) is 16.7 Å². The maximum Gasteiger partial charge on any atom is 0.490 e. The zero-order chi connectivity index (χ0) is 30.2. The van der Waals surface area contributed by atoms with E-state index in [1.807, 2.05) is 0 Å². The minimum atomic E-state index is -5.08. The third-order valence-electron chi connectivity index (χ3n) is 7.76. The first kappa shape index (κ1) is 29.1. The highest BCUT2D eigenvalue weighted by Crippen LogP contribution is 2.65. The number of rotatable bonds is 6. The highest BCUT2D eigenvalue weighted by Gasteiger charge is 2.65. The van der Waals surface area contributed by atoms with Gasteiger partial charge in [0, 0.05) is 23.5 Å². The van der Waals surface area contributed by atoms with Crippen molar-refractivity contribution in [3.05, 3.63) is 94.2 Å². The topological polar surface area (TPSA) is 98.3 Å². The molecule has 2 aliphatic rings. The Morgan fingerprint density at radius 1 is 1.07 bits per heavy atom. The minimum absolute atomic E-state index is 0.135. The summed E-state index contributed by atoms with van der Waals surface area (Å²) in [6.45, 7) is 3.09.